The zero-order chi connectivity index (χ0) is 15.2. The van der Waals surface area contributed by atoms with Gasteiger partial charge in [0.25, 0.3) is 5.91 Å². The Morgan fingerprint density at radius 1 is 1.19 bits per heavy atom. The second-order valence-corrected chi connectivity index (χ2v) is 5.09. The Bertz CT molecular complexity index is 636. The summed E-state index contributed by atoms with van der Waals surface area (Å²) in [5.41, 5.74) is 1.82. The van der Waals surface area contributed by atoms with E-state index in [4.69, 9.17) is 23.2 Å². The first-order valence-corrected chi connectivity index (χ1v) is 6.92. The van der Waals surface area contributed by atoms with Crippen molar-refractivity contribution in [1.82, 2.24) is 10.3 Å². The first kappa shape index (κ1) is 15.4. The van der Waals surface area contributed by atoms with Crippen LogP contribution in [0.5, 0.6) is 0 Å². The first-order chi connectivity index (χ1) is 10.1. The number of pyridine rings is 1. The summed E-state index contributed by atoms with van der Waals surface area (Å²) in [6, 6.07) is 8.54. The molecule has 1 aromatic carbocycles. The van der Waals surface area contributed by atoms with Gasteiger partial charge in [-0.05, 0) is 30.3 Å². The third-order valence-electron chi connectivity index (χ3n) is 2.55. The van der Waals surface area contributed by atoms with Crippen molar-refractivity contribution in [2.24, 2.45) is 0 Å². The van der Waals surface area contributed by atoms with E-state index in [1.165, 1.54) is 0 Å². The number of benzene rings is 1. The molecule has 0 aliphatic carbocycles. The summed E-state index contributed by atoms with van der Waals surface area (Å²) in [5.74, 6) is -0.243. The van der Waals surface area contributed by atoms with Crippen LogP contribution in [0.1, 0.15) is 10.5 Å². The van der Waals surface area contributed by atoms with Crippen LogP contribution < -0.4 is 10.6 Å². The Morgan fingerprint density at radius 2 is 1.90 bits per heavy atom. The van der Waals surface area contributed by atoms with E-state index in [9.17, 15) is 4.79 Å². The highest BCUT2D eigenvalue weighted by molar-refractivity contribution is 6.35. The molecule has 4 nitrogen and oxygen atoms in total. The van der Waals surface area contributed by atoms with Gasteiger partial charge in [0.15, 0.2) is 0 Å². The fraction of sp³-hybridized carbons (Fsp3) is 0.0667. The molecule has 0 radical (unpaired) electrons. The number of amides is 1. The molecule has 1 amide bonds. The topological polar surface area (TPSA) is 54.0 Å². The molecule has 0 fully saturated rings. The van der Waals surface area contributed by atoms with E-state index in [1.54, 1.807) is 42.6 Å². The lowest BCUT2D eigenvalue weighted by Crippen LogP contribution is -2.24. The molecule has 1 heterocycles. The SMILES string of the molecule is C=CCNC(=O)c1ccc(Nc2cc(Cl)cc(Cl)c2)cn1. The highest BCUT2D eigenvalue weighted by atomic mass is 35.5. The summed E-state index contributed by atoms with van der Waals surface area (Å²) in [7, 11) is 0. The van der Waals surface area contributed by atoms with Crippen molar-refractivity contribution in [3.8, 4) is 0 Å². The minimum Gasteiger partial charge on any atom is -0.354 e. The fourth-order valence-corrected chi connectivity index (χ4v) is 2.18. The van der Waals surface area contributed by atoms with Crippen LogP contribution in [0.3, 0.4) is 0 Å². The number of carbonyl (C=O) groups excluding carboxylic acids is 1. The standard InChI is InChI=1S/C15H13Cl2N3O/c1-2-5-18-15(21)14-4-3-12(9-19-14)20-13-7-10(16)6-11(17)8-13/h2-4,6-9,20H,1,5H2,(H,18,21). The number of halogens is 2. The summed E-state index contributed by atoms with van der Waals surface area (Å²) < 4.78 is 0. The molecule has 0 saturated heterocycles. The molecule has 0 unspecified atom stereocenters. The van der Waals surface area contributed by atoms with Crippen molar-refractivity contribution in [1.29, 1.82) is 0 Å². The van der Waals surface area contributed by atoms with E-state index < -0.39 is 0 Å². The Balaban J connectivity index is 2.08. The largest absolute Gasteiger partial charge is 0.354 e. The van der Waals surface area contributed by atoms with Crippen molar-refractivity contribution < 1.29 is 4.79 Å². The summed E-state index contributed by atoms with van der Waals surface area (Å²) in [5, 5.41) is 6.85. The Hall–Kier alpha value is -2.04. The molecule has 0 saturated carbocycles. The molecule has 2 rings (SSSR count). The monoisotopic (exact) mass is 321 g/mol. The van der Waals surface area contributed by atoms with Crippen LogP contribution in [-0.4, -0.2) is 17.4 Å². The van der Waals surface area contributed by atoms with Crippen molar-refractivity contribution in [2.75, 3.05) is 11.9 Å². The van der Waals surface area contributed by atoms with Crippen LogP contribution in [0.4, 0.5) is 11.4 Å². The van der Waals surface area contributed by atoms with Gasteiger partial charge in [-0.3, -0.25) is 4.79 Å². The van der Waals surface area contributed by atoms with E-state index in [-0.39, 0.29) is 5.91 Å². The molecule has 1 aromatic heterocycles. The van der Waals surface area contributed by atoms with Crippen molar-refractivity contribution in [3.05, 3.63) is 64.9 Å². The van der Waals surface area contributed by atoms with Crippen LogP contribution in [-0.2, 0) is 0 Å². The minimum atomic E-state index is -0.243. The Morgan fingerprint density at radius 3 is 2.48 bits per heavy atom. The predicted molar refractivity (Wildman–Crippen MR) is 86.5 cm³/mol. The number of anilines is 2. The second-order valence-electron chi connectivity index (χ2n) is 4.21. The average Bonchev–Trinajstić information content (AvgIpc) is 2.44. The molecular weight excluding hydrogens is 309 g/mol. The van der Waals surface area contributed by atoms with Gasteiger partial charge in [-0.1, -0.05) is 29.3 Å². The Labute approximate surface area is 132 Å². The van der Waals surface area contributed by atoms with E-state index in [1.807, 2.05) is 0 Å². The summed E-state index contributed by atoms with van der Waals surface area (Å²) in [4.78, 5) is 15.8. The quantitative estimate of drug-likeness (QED) is 0.817. The molecule has 0 atom stereocenters. The van der Waals surface area contributed by atoms with Crippen LogP contribution in [0.25, 0.3) is 0 Å². The molecule has 0 aliphatic heterocycles. The van der Waals surface area contributed by atoms with Crippen LogP contribution in [0.2, 0.25) is 10.0 Å². The van der Waals surface area contributed by atoms with Crippen LogP contribution in [0, 0.1) is 0 Å². The minimum absolute atomic E-state index is 0.243. The highest BCUT2D eigenvalue weighted by Gasteiger charge is 2.06. The molecule has 21 heavy (non-hydrogen) atoms. The van der Waals surface area contributed by atoms with E-state index in [2.05, 4.69) is 22.2 Å². The van der Waals surface area contributed by atoms with Gasteiger partial charge in [0, 0.05) is 22.3 Å². The van der Waals surface area contributed by atoms with E-state index in [0.717, 1.165) is 11.4 Å². The average molecular weight is 322 g/mol. The van der Waals surface area contributed by atoms with Gasteiger partial charge in [-0.15, -0.1) is 6.58 Å². The van der Waals surface area contributed by atoms with E-state index in [0.29, 0.717) is 22.3 Å². The number of carbonyl (C=O) groups is 1. The molecule has 6 heteroatoms. The maximum atomic E-state index is 11.7. The van der Waals surface area contributed by atoms with Crippen LogP contribution >= 0.6 is 23.2 Å². The summed E-state index contributed by atoms with van der Waals surface area (Å²) >= 11 is 11.9. The molecule has 0 bridgehead atoms. The number of hydrogen-bond donors (Lipinski definition) is 2. The molecule has 2 N–H and O–H groups in total. The predicted octanol–water partition coefficient (Wildman–Crippen LogP) is 4.05. The van der Waals surface area contributed by atoms with E-state index >= 15 is 0 Å². The third kappa shape index (κ3) is 4.48. The zero-order valence-electron chi connectivity index (χ0n) is 11.1. The smallest absolute Gasteiger partial charge is 0.270 e. The van der Waals surface area contributed by atoms with Crippen molar-refractivity contribution in [3.63, 3.8) is 0 Å². The van der Waals surface area contributed by atoms with Crippen molar-refractivity contribution >= 4 is 40.5 Å². The lowest BCUT2D eigenvalue weighted by atomic mass is 10.3. The third-order valence-corrected chi connectivity index (χ3v) is 2.99. The first-order valence-electron chi connectivity index (χ1n) is 6.17. The normalized spacial score (nSPS) is 10.0. The van der Waals surface area contributed by atoms with Gasteiger partial charge in [-0.25, -0.2) is 4.98 Å². The Kier molecular flexibility index (Phi) is 5.20. The molecule has 0 aliphatic rings. The number of hydrogen-bond acceptors (Lipinski definition) is 3. The fourth-order valence-electron chi connectivity index (χ4n) is 1.65. The maximum Gasteiger partial charge on any atom is 0.270 e. The molecule has 0 spiro atoms. The lowest BCUT2D eigenvalue weighted by molar-refractivity contribution is 0.0953. The van der Waals surface area contributed by atoms with Gasteiger partial charge < -0.3 is 10.6 Å². The lowest BCUT2D eigenvalue weighted by Gasteiger charge is -2.08. The van der Waals surface area contributed by atoms with Gasteiger partial charge in [0.1, 0.15) is 5.69 Å². The van der Waals surface area contributed by atoms with Gasteiger partial charge in [0.05, 0.1) is 11.9 Å². The summed E-state index contributed by atoms with van der Waals surface area (Å²) in [6.07, 6.45) is 3.17. The number of nitrogens with zero attached hydrogens (tertiary/aromatic N) is 1. The zero-order valence-corrected chi connectivity index (χ0v) is 12.6. The number of aromatic nitrogens is 1. The number of rotatable bonds is 5. The van der Waals surface area contributed by atoms with Gasteiger partial charge in [0.2, 0.25) is 0 Å². The molecule has 108 valence electrons. The van der Waals surface area contributed by atoms with Crippen LogP contribution in [0.15, 0.2) is 49.2 Å². The molecule has 2 aromatic rings. The summed E-state index contributed by atoms with van der Waals surface area (Å²) in [6.45, 7) is 3.94. The van der Waals surface area contributed by atoms with Crippen molar-refractivity contribution in [2.45, 2.75) is 0 Å². The highest BCUT2D eigenvalue weighted by Crippen LogP contribution is 2.25. The van der Waals surface area contributed by atoms with Gasteiger partial charge >= 0.3 is 0 Å². The molecular formula is C15H13Cl2N3O. The maximum absolute atomic E-state index is 11.7. The van der Waals surface area contributed by atoms with Gasteiger partial charge in [-0.2, -0.15) is 0 Å². The second kappa shape index (κ2) is 7.11. The number of nitrogens with one attached hydrogen (secondary N) is 2.